The number of hydrogen-bond acceptors (Lipinski definition) is 7. The normalized spacial score (nSPS) is 25.7. The van der Waals surface area contributed by atoms with Crippen molar-refractivity contribution in [1.82, 2.24) is 0 Å². The highest BCUT2D eigenvalue weighted by molar-refractivity contribution is 8.00. The Morgan fingerprint density at radius 3 is 2.74 bits per heavy atom. The summed E-state index contributed by atoms with van der Waals surface area (Å²) in [6.07, 6.45) is 3.69. The molecule has 23 heavy (non-hydrogen) atoms. The lowest BCUT2D eigenvalue weighted by atomic mass is 10.0. The Balaban J connectivity index is 2.65. The summed E-state index contributed by atoms with van der Waals surface area (Å²) in [6.45, 7) is 1.84. The molecule has 132 valence electrons. The number of ether oxygens (including phenoxy) is 2. The second kappa shape index (κ2) is 10.6. The van der Waals surface area contributed by atoms with Gasteiger partial charge in [-0.05, 0) is 26.2 Å². The van der Waals surface area contributed by atoms with Gasteiger partial charge in [-0.2, -0.15) is 0 Å². The quantitative estimate of drug-likeness (QED) is 0.777. The van der Waals surface area contributed by atoms with Crippen molar-refractivity contribution in [1.29, 1.82) is 0 Å². The molecule has 1 fully saturated rings. The van der Waals surface area contributed by atoms with Crippen molar-refractivity contribution in [2.45, 2.75) is 69.3 Å². The van der Waals surface area contributed by atoms with Gasteiger partial charge in [-0.25, -0.2) is 4.79 Å². The number of carbonyl (C=O) groups is 3. The van der Waals surface area contributed by atoms with Crippen LogP contribution in [0.1, 0.15) is 51.9 Å². The Morgan fingerprint density at radius 1 is 1.35 bits per heavy atom. The number of carbonyl (C=O) groups excluding carboxylic acids is 3. The lowest BCUT2D eigenvalue weighted by molar-refractivity contribution is -0.150. The van der Waals surface area contributed by atoms with Crippen LogP contribution in [-0.4, -0.2) is 53.1 Å². The number of cyclic esters (lactones) is 1. The fraction of sp³-hybridized carbons (Fsp3) is 0.812. The summed E-state index contributed by atoms with van der Waals surface area (Å²) in [4.78, 5) is 35.5. The maximum atomic E-state index is 12.2. The van der Waals surface area contributed by atoms with Crippen LogP contribution in [0.3, 0.4) is 0 Å². The van der Waals surface area contributed by atoms with Gasteiger partial charge in [0.2, 0.25) is 0 Å². The smallest absolute Gasteiger partial charge is 0.335 e. The van der Waals surface area contributed by atoms with Crippen LogP contribution < -0.4 is 0 Å². The van der Waals surface area contributed by atoms with Crippen molar-refractivity contribution in [2.24, 2.45) is 0 Å². The fourth-order valence-corrected chi connectivity index (χ4v) is 3.42. The van der Waals surface area contributed by atoms with Gasteiger partial charge in [0.05, 0.1) is 13.2 Å². The second-order valence-electron chi connectivity index (χ2n) is 5.80. The highest BCUT2D eigenvalue weighted by atomic mass is 32.2. The number of methoxy groups -OCH3 is 1. The van der Waals surface area contributed by atoms with Crippen LogP contribution in [0.15, 0.2) is 0 Å². The number of esters is 2. The van der Waals surface area contributed by atoms with Crippen molar-refractivity contribution < 1.29 is 29.0 Å². The molecule has 0 spiro atoms. The summed E-state index contributed by atoms with van der Waals surface area (Å²) in [5.41, 5.74) is 0. The number of rotatable bonds is 4. The van der Waals surface area contributed by atoms with E-state index in [0.29, 0.717) is 6.42 Å². The van der Waals surface area contributed by atoms with Crippen LogP contribution in [0.4, 0.5) is 0 Å². The van der Waals surface area contributed by atoms with Crippen molar-refractivity contribution in [2.75, 3.05) is 12.9 Å². The monoisotopic (exact) mass is 346 g/mol. The Labute approximate surface area is 141 Å². The highest BCUT2D eigenvalue weighted by Gasteiger charge is 2.28. The van der Waals surface area contributed by atoms with Gasteiger partial charge in [-0.3, -0.25) is 9.59 Å². The van der Waals surface area contributed by atoms with E-state index in [1.165, 1.54) is 7.11 Å². The summed E-state index contributed by atoms with van der Waals surface area (Å²) in [6, 6.07) is 0. The van der Waals surface area contributed by atoms with Crippen molar-refractivity contribution in [3.63, 3.8) is 0 Å². The molecule has 0 aliphatic carbocycles. The molecule has 7 heteroatoms. The molecule has 0 aromatic heterocycles. The van der Waals surface area contributed by atoms with Gasteiger partial charge < -0.3 is 14.6 Å². The van der Waals surface area contributed by atoms with Gasteiger partial charge in [-0.1, -0.05) is 12.8 Å². The van der Waals surface area contributed by atoms with E-state index in [0.717, 1.165) is 43.9 Å². The van der Waals surface area contributed by atoms with Crippen LogP contribution in [0.5, 0.6) is 0 Å². The van der Waals surface area contributed by atoms with Gasteiger partial charge in [0.15, 0.2) is 6.10 Å². The SMILES string of the molecule is COC(=O)[C@H](O)CS[C@H]1CC(=O)CCCCCC[C@@H](C)OC1=O. The molecule has 0 aromatic carbocycles. The van der Waals surface area contributed by atoms with E-state index in [1.54, 1.807) is 0 Å². The molecule has 1 aliphatic heterocycles. The van der Waals surface area contributed by atoms with E-state index < -0.39 is 23.3 Å². The van der Waals surface area contributed by atoms with Crippen LogP contribution in [-0.2, 0) is 23.9 Å². The molecule has 0 bridgehead atoms. The molecule has 1 aliphatic rings. The van der Waals surface area contributed by atoms with E-state index in [4.69, 9.17) is 4.74 Å². The summed E-state index contributed by atoms with van der Waals surface area (Å²) >= 11 is 1.07. The lowest BCUT2D eigenvalue weighted by Gasteiger charge is -2.20. The van der Waals surface area contributed by atoms with Crippen molar-refractivity contribution in [3.8, 4) is 0 Å². The molecule has 0 aromatic rings. The molecule has 3 atom stereocenters. The predicted molar refractivity (Wildman–Crippen MR) is 87.1 cm³/mol. The average Bonchev–Trinajstić information content (AvgIpc) is 2.52. The van der Waals surface area contributed by atoms with Crippen LogP contribution >= 0.6 is 11.8 Å². The minimum absolute atomic E-state index is 0.00585. The third-order valence-electron chi connectivity index (χ3n) is 3.74. The number of hydrogen-bond donors (Lipinski definition) is 1. The zero-order chi connectivity index (χ0) is 17.2. The van der Waals surface area contributed by atoms with Crippen LogP contribution in [0, 0.1) is 0 Å². The molecule has 1 N–H and O–H groups in total. The molecule has 1 heterocycles. The topological polar surface area (TPSA) is 89.9 Å². The van der Waals surface area contributed by atoms with E-state index in [2.05, 4.69) is 4.74 Å². The largest absolute Gasteiger partial charge is 0.467 e. The molecule has 0 radical (unpaired) electrons. The fourth-order valence-electron chi connectivity index (χ4n) is 2.37. The minimum atomic E-state index is -1.31. The average molecular weight is 346 g/mol. The highest BCUT2D eigenvalue weighted by Crippen LogP contribution is 2.22. The molecular formula is C16H26O6S. The first kappa shape index (κ1) is 20.0. The third kappa shape index (κ3) is 7.83. The van der Waals surface area contributed by atoms with Gasteiger partial charge in [0.1, 0.15) is 11.0 Å². The van der Waals surface area contributed by atoms with Crippen molar-refractivity contribution in [3.05, 3.63) is 0 Å². The minimum Gasteiger partial charge on any atom is -0.467 e. The molecule has 0 unspecified atom stereocenters. The van der Waals surface area contributed by atoms with Gasteiger partial charge in [0.25, 0.3) is 0 Å². The van der Waals surface area contributed by atoms with Gasteiger partial charge >= 0.3 is 11.9 Å². The van der Waals surface area contributed by atoms with E-state index in [9.17, 15) is 19.5 Å². The Kier molecular flexibility index (Phi) is 9.24. The number of aliphatic hydroxyl groups excluding tert-OH is 1. The zero-order valence-corrected chi connectivity index (χ0v) is 14.6. The number of Topliss-reactive ketones (excluding diaryl/α,β-unsaturated/α-hetero) is 1. The Hall–Kier alpha value is -1.08. The Bertz CT molecular complexity index is 411. The van der Waals surface area contributed by atoms with Crippen molar-refractivity contribution >= 4 is 29.5 Å². The predicted octanol–water partition coefficient (Wildman–Crippen LogP) is 1.87. The molecular weight excluding hydrogens is 320 g/mol. The first-order valence-corrected chi connectivity index (χ1v) is 9.08. The van der Waals surface area contributed by atoms with Crippen LogP contribution in [0.2, 0.25) is 0 Å². The second-order valence-corrected chi connectivity index (χ2v) is 7.04. The molecule has 1 saturated heterocycles. The lowest BCUT2D eigenvalue weighted by Crippen LogP contribution is -2.31. The summed E-state index contributed by atoms with van der Waals surface area (Å²) in [5, 5.41) is 8.94. The molecule has 1 rings (SSSR count). The molecule has 0 amide bonds. The van der Waals surface area contributed by atoms with E-state index >= 15 is 0 Å². The number of aliphatic hydroxyl groups is 1. The van der Waals surface area contributed by atoms with E-state index in [-0.39, 0.29) is 24.1 Å². The third-order valence-corrected chi connectivity index (χ3v) is 5.01. The Morgan fingerprint density at radius 2 is 2.04 bits per heavy atom. The standard InChI is InChI=1S/C16H26O6S/c1-11-7-5-3-4-6-8-12(17)9-14(16(20)22-11)23-10-13(18)15(19)21-2/h11,13-14,18H,3-10H2,1-2H3/t11-,13-,14+/m1/s1. The zero-order valence-electron chi connectivity index (χ0n) is 13.8. The summed E-state index contributed by atoms with van der Waals surface area (Å²) in [5.74, 6) is -1.19. The first-order valence-electron chi connectivity index (χ1n) is 8.03. The maximum Gasteiger partial charge on any atom is 0.335 e. The summed E-state index contributed by atoms with van der Waals surface area (Å²) in [7, 11) is 1.19. The number of ketones is 1. The summed E-state index contributed by atoms with van der Waals surface area (Å²) < 4.78 is 9.84. The van der Waals surface area contributed by atoms with Gasteiger partial charge in [0, 0.05) is 18.6 Å². The number of thioether (sulfide) groups is 1. The first-order chi connectivity index (χ1) is 10.9. The van der Waals surface area contributed by atoms with E-state index in [1.807, 2.05) is 6.92 Å². The molecule has 0 saturated carbocycles. The maximum absolute atomic E-state index is 12.2. The molecule has 6 nitrogen and oxygen atoms in total. The van der Waals surface area contributed by atoms with Gasteiger partial charge in [-0.15, -0.1) is 11.8 Å². The van der Waals surface area contributed by atoms with Crippen LogP contribution in [0.25, 0.3) is 0 Å².